The molecule has 1 aromatic carbocycles. The number of carboxylic acid groups (broad SMARTS) is 1. The van der Waals surface area contributed by atoms with Crippen LogP contribution >= 0.6 is 0 Å². The molecule has 0 fully saturated rings. The number of aromatic amines is 1. The molecule has 0 unspecified atom stereocenters. The highest BCUT2D eigenvalue weighted by Gasteiger charge is 2.18. The lowest BCUT2D eigenvalue weighted by molar-refractivity contribution is 0.144. The van der Waals surface area contributed by atoms with Crippen LogP contribution in [0.5, 0.6) is 5.75 Å². The van der Waals surface area contributed by atoms with Gasteiger partial charge in [0.05, 0.1) is 17.9 Å². The monoisotopic (exact) mass is 298 g/mol. The van der Waals surface area contributed by atoms with Gasteiger partial charge in [0.1, 0.15) is 5.52 Å². The van der Waals surface area contributed by atoms with Gasteiger partial charge in [-0.25, -0.2) is 27.6 Å². The van der Waals surface area contributed by atoms with Gasteiger partial charge in [0.2, 0.25) is 5.95 Å². The fraction of sp³-hybridized carbons (Fsp3) is 0. The molecule has 0 amide bonds. The number of nitrogens with zero attached hydrogens (tertiary/aromatic N) is 3. The molecule has 0 aliphatic carbocycles. The Labute approximate surface area is 113 Å². The van der Waals surface area contributed by atoms with Crippen LogP contribution in [-0.2, 0) is 0 Å². The number of hydrogen-bond donors (Lipinski definition) is 2. The van der Waals surface area contributed by atoms with E-state index in [4.69, 9.17) is 5.11 Å². The molecule has 21 heavy (non-hydrogen) atoms. The van der Waals surface area contributed by atoms with Gasteiger partial charge in [0.15, 0.2) is 23.2 Å². The zero-order valence-electron chi connectivity index (χ0n) is 9.97. The van der Waals surface area contributed by atoms with E-state index < -0.39 is 29.1 Å². The minimum absolute atomic E-state index is 0.0610. The number of fused-ring (bicyclic) bond motifs is 1. The van der Waals surface area contributed by atoms with Crippen LogP contribution < -0.4 is 4.74 Å². The second kappa shape index (κ2) is 4.51. The van der Waals surface area contributed by atoms with Crippen LogP contribution in [-0.4, -0.2) is 31.0 Å². The van der Waals surface area contributed by atoms with Crippen molar-refractivity contribution in [2.45, 2.75) is 0 Å². The first-order valence-electron chi connectivity index (χ1n) is 5.44. The summed E-state index contributed by atoms with van der Waals surface area (Å²) in [5, 5.41) is 12.2. The van der Waals surface area contributed by atoms with Crippen LogP contribution in [0, 0.1) is 17.5 Å². The number of carbonyl (C=O) groups is 1. The highest BCUT2D eigenvalue weighted by Crippen LogP contribution is 2.22. The molecule has 2 aromatic heterocycles. The number of imidazole rings is 1. The molecule has 2 heterocycles. The minimum atomic E-state index is -1.63. The lowest BCUT2D eigenvalue weighted by Gasteiger charge is -1.94. The van der Waals surface area contributed by atoms with E-state index in [0.717, 1.165) is 23.1 Å². The molecule has 7 nitrogen and oxygen atoms in total. The molecule has 0 aliphatic rings. The number of nitrogens with one attached hydrogen (secondary N) is 1. The first-order chi connectivity index (χ1) is 9.95. The maximum Gasteiger partial charge on any atom is 0.511 e. The third-order valence-corrected chi connectivity index (χ3v) is 2.58. The largest absolute Gasteiger partial charge is 0.511 e. The summed E-state index contributed by atoms with van der Waals surface area (Å²) in [5.74, 6) is -4.57. The summed E-state index contributed by atoms with van der Waals surface area (Å²) in [5.41, 5.74) is -0.474. The summed E-state index contributed by atoms with van der Waals surface area (Å²) < 4.78 is 45.1. The van der Waals surface area contributed by atoms with Gasteiger partial charge in [-0.05, 0) is 0 Å². The van der Waals surface area contributed by atoms with Crippen molar-refractivity contribution >= 4 is 17.2 Å². The Hall–Kier alpha value is -3.04. The molecule has 0 atom stereocenters. The van der Waals surface area contributed by atoms with Crippen molar-refractivity contribution < 1.29 is 27.8 Å². The van der Waals surface area contributed by atoms with Crippen LogP contribution in [0.15, 0.2) is 18.5 Å². The zero-order chi connectivity index (χ0) is 15.1. The second-order valence-corrected chi connectivity index (χ2v) is 3.93. The lowest BCUT2D eigenvalue weighted by Crippen LogP contribution is -2.02. The second-order valence-electron chi connectivity index (χ2n) is 3.93. The van der Waals surface area contributed by atoms with Crippen molar-refractivity contribution in [2.75, 3.05) is 0 Å². The molecule has 0 radical (unpaired) electrons. The Kier molecular flexibility index (Phi) is 2.78. The average molecular weight is 298 g/mol. The highest BCUT2D eigenvalue weighted by atomic mass is 19.2. The number of aromatic nitrogens is 4. The normalized spacial score (nSPS) is 11.0. The van der Waals surface area contributed by atoms with Crippen molar-refractivity contribution in [3.05, 3.63) is 35.9 Å². The lowest BCUT2D eigenvalue weighted by atomic mass is 10.3. The van der Waals surface area contributed by atoms with Gasteiger partial charge in [0, 0.05) is 6.07 Å². The summed E-state index contributed by atoms with van der Waals surface area (Å²) in [6.07, 6.45) is 0.698. The maximum atomic E-state index is 13.5. The van der Waals surface area contributed by atoms with E-state index in [2.05, 4.69) is 19.8 Å². The van der Waals surface area contributed by atoms with E-state index in [-0.39, 0.29) is 17.2 Å². The number of halogens is 3. The van der Waals surface area contributed by atoms with E-state index in [1.165, 1.54) is 0 Å². The summed E-state index contributed by atoms with van der Waals surface area (Å²) in [4.78, 5) is 16.6. The van der Waals surface area contributed by atoms with Crippen molar-refractivity contribution in [2.24, 2.45) is 0 Å². The SMILES string of the molecule is O=C(O)Oc1cnn(-c2nc3c(F)c(F)c(F)cc3[nH]2)c1. The fourth-order valence-corrected chi connectivity index (χ4v) is 1.73. The molecule has 0 saturated carbocycles. The predicted octanol–water partition coefficient (Wildman–Crippen LogP) is 2.22. The quantitative estimate of drug-likeness (QED) is 0.559. The molecule has 0 saturated heterocycles. The maximum absolute atomic E-state index is 13.5. The van der Waals surface area contributed by atoms with Crippen LogP contribution in [0.25, 0.3) is 17.0 Å². The van der Waals surface area contributed by atoms with Crippen LogP contribution in [0.1, 0.15) is 0 Å². The van der Waals surface area contributed by atoms with Gasteiger partial charge >= 0.3 is 6.16 Å². The van der Waals surface area contributed by atoms with Gasteiger partial charge < -0.3 is 14.8 Å². The molecule has 10 heteroatoms. The number of rotatable bonds is 2. The summed E-state index contributed by atoms with van der Waals surface area (Å²) in [6, 6.07) is 0.752. The Balaban J connectivity index is 2.07. The van der Waals surface area contributed by atoms with Crippen molar-refractivity contribution in [3.63, 3.8) is 0 Å². The van der Waals surface area contributed by atoms with E-state index in [1.807, 2.05) is 0 Å². The number of ether oxygens (including phenoxy) is 1. The molecule has 3 aromatic rings. The fourth-order valence-electron chi connectivity index (χ4n) is 1.73. The first kappa shape index (κ1) is 13.0. The average Bonchev–Trinajstić information content (AvgIpc) is 3.02. The predicted molar refractivity (Wildman–Crippen MR) is 61.7 cm³/mol. The van der Waals surface area contributed by atoms with E-state index in [1.54, 1.807) is 0 Å². The van der Waals surface area contributed by atoms with Gasteiger partial charge in [-0.1, -0.05) is 0 Å². The molecule has 3 rings (SSSR count). The van der Waals surface area contributed by atoms with Gasteiger partial charge in [-0.2, -0.15) is 5.10 Å². The topological polar surface area (TPSA) is 93.0 Å². The summed E-state index contributed by atoms with van der Waals surface area (Å²) >= 11 is 0. The van der Waals surface area contributed by atoms with Gasteiger partial charge in [-0.3, -0.25) is 0 Å². The number of hydrogen-bond acceptors (Lipinski definition) is 4. The van der Waals surface area contributed by atoms with Crippen LogP contribution in [0.3, 0.4) is 0 Å². The number of benzene rings is 1. The summed E-state index contributed by atoms with van der Waals surface area (Å²) in [7, 11) is 0. The molecule has 0 spiro atoms. The Morgan fingerprint density at radius 1 is 1.33 bits per heavy atom. The third kappa shape index (κ3) is 2.16. The molecule has 0 aliphatic heterocycles. The Bertz CT molecular complexity index is 858. The molecule has 2 N–H and O–H groups in total. The van der Waals surface area contributed by atoms with Gasteiger partial charge in [-0.15, -0.1) is 0 Å². The minimum Gasteiger partial charge on any atom is -0.449 e. The smallest absolute Gasteiger partial charge is 0.449 e. The van der Waals surface area contributed by atoms with Crippen molar-refractivity contribution in [3.8, 4) is 11.7 Å². The number of H-pyrrole nitrogens is 1. The van der Waals surface area contributed by atoms with Crippen molar-refractivity contribution in [1.82, 2.24) is 19.7 Å². The molecular formula is C11H5F3N4O3. The summed E-state index contributed by atoms with van der Waals surface area (Å²) in [6.45, 7) is 0. The highest BCUT2D eigenvalue weighted by molar-refractivity contribution is 5.77. The molecule has 0 bridgehead atoms. The molecular weight excluding hydrogens is 293 g/mol. The zero-order valence-corrected chi connectivity index (χ0v) is 9.97. The first-order valence-corrected chi connectivity index (χ1v) is 5.44. The Morgan fingerprint density at radius 3 is 2.81 bits per heavy atom. The van der Waals surface area contributed by atoms with E-state index in [0.29, 0.717) is 0 Å². The van der Waals surface area contributed by atoms with Crippen molar-refractivity contribution in [1.29, 1.82) is 0 Å². The molecule has 108 valence electrons. The van der Waals surface area contributed by atoms with E-state index in [9.17, 15) is 18.0 Å². The van der Waals surface area contributed by atoms with Crippen LogP contribution in [0.4, 0.5) is 18.0 Å². The van der Waals surface area contributed by atoms with Gasteiger partial charge in [0.25, 0.3) is 0 Å². The Morgan fingerprint density at radius 2 is 2.10 bits per heavy atom. The van der Waals surface area contributed by atoms with Crippen LogP contribution in [0.2, 0.25) is 0 Å². The third-order valence-electron chi connectivity index (χ3n) is 2.58. The van der Waals surface area contributed by atoms with E-state index >= 15 is 0 Å². The standard InChI is InChI=1S/C11H5F3N4O3/c12-5-1-6-9(8(14)7(5)13)17-10(16-6)18-3-4(2-15-18)21-11(19)20/h1-3H,(H,16,17)(H,19,20).